The maximum Gasteiger partial charge on any atom is 0.419 e. The number of anilines is 1. The van der Waals surface area contributed by atoms with Gasteiger partial charge in [-0.2, -0.15) is 13.2 Å². The molecule has 3 aromatic rings. The fourth-order valence-corrected chi connectivity index (χ4v) is 2.22. The second-order valence-corrected chi connectivity index (χ2v) is 4.67. The van der Waals surface area contributed by atoms with Crippen LogP contribution < -0.4 is 5.73 Å². The van der Waals surface area contributed by atoms with Crippen molar-refractivity contribution in [2.75, 3.05) is 5.73 Å². The minimum atomic E-state index is -4.81. The van der Waals surface area contributed by atoms with E-state index in [2.05, 4.69) is 10.1 Å². The van der Waals surface area contributed by atoms with Crippen molar-refractivity contribution in [3.8, 4) is 22.4 Å². The summed E-state index contributed by atoms with van der Waals surface area (Å²) in [6.45, 7) is 0. The molecular formula is C15H9F4N3O. The molecule has 1 aromatic carbocycles. The summed E-state index contributed by atoms with van der Waals surface area (Å²) < 4.78 is 57.7. The number of hydrogen-bond acceptors (Lipinski definition) is 4. The molecule has 2 N–H and O–H groups in total. The smallest absolute Gasteiger partial charge is 0.367 e. The van der Waals surface area contributed by atoms with Crippen LogP contribution in [0, 0.1) is 5.82 Å². The molecule has 0 atom stereocenters. The Labute approximate surface area is 127 Å². The second-order valence-electron chi connectivity index (χ2n) is 4.67. The predicted octanol–water partition coefficient (Wildman–Crippen LogP) is 4.14. The fourth-order valence-electron chi connectivity index (χ4n) is 2.22. The van der Waals surface area contributed by atoms with Crippen LogP contribution in [0.2, 0.25) is 0 Å². The van der Waals surface area contributed by atoms with E-state index >= 15 is 0 Å². The Balaban J connectivity index is 2.23. The standard InChI is InChI=1S/C15H9F4N3O/c16-12-9(2-1-3-10(12)15(17,18)19)13-11(14(20)23-22-13)8-4-6-21-7-5-8/h1-7H,20H2. The molecule has 8 heteroatoms. The van der Waals surface area contributed by atoms with Gasteiger partial charge in [-0.3, -0.25) is 4.98 Å². The number of halogens is 4. The molecule has 2 aromatic heterocycles. The Hall–Kier alpha value is -2.90. The van der Waals surface area contributed by atoms with Crippen molar-refractivity contribution >= 4 is 5.88 Å². The van der Waals surface area contributed by atoms with Crippen molar-refractivity contribution in [1.82, 2.24) is 10.1 Å². The Kier molecular flexibility index (Phi) is 3.51. The Bertz CT molecular complexity index is 844. The minimum Gasteiger partial charge on any atom is -0.367 e. The number of aromatic nitrogens is 2. The van der Waals surface area contributed by atoms with Crippen LogP contribution >= 0.6 is 0 Å². The average Bonchev–Trinajstić information content (AvgIpc) is 2.89. The first-order chi connectivity index (χ1) is 10.9. The molecule has 0 fully saturated rings. The number of pyridine rings is 1. The van der Waals surface area contributed by atoms with Crippen LogP contribution in [0.15, 0.2) is 47.2 Å². The summed E-state index contributed by atoms with van der Waals surface area (Å²) in [7, 11) is 0. The van der Waals surface area contributed by atoms with Gasteiger partial charge in [0.05, 0.1) is 11.1 Å². The lowest BCUT2D eigenvalue weighted by molar-refractivity contribution is -0.139. The van der Waals surface area contributed by atoms with Gasteiger partial charge in [-0.1, -0.05) is 11.2 Å². The van der Waals surface area contributed by atoms with E-state index in [1.807, 2.05) is 0 Å². The molecule has 0 aliphatic carbocycles. The summed E-state index contributed by atoms with van der Waals surface area (Å²) in [4.78, 5) is 3.84. The number of rotatable bonds is 2. The van der Waals surface area contributed by atoms with Gasteiger partial charge in [-0.05, 0) is 29.8 Å². The molecule has 4 nitrogen and oxygen atoms in total. The maximum atomic E-state index is 14.3. The molecule has 0 saturated carbocycles. The molecule has 0 aliphatic heterocycles. The summed E-state index contributed by atoms with van der Waals surface area (Å²) in [6, 6.07) is 6.08. The van der Waals surface area contributed by atoms with E-state index in [-0.39, 0.29) is 22.7 Å². The van der Waals surface area contributed by atoms with E-state index in [4.69, 9.17) is 10.3 Å². The molecule has 0 spiro atoms. The molecule has 23 heavy (non-hydrogen) atoms. The first-order valence-electron chi connectivity index (χ1n) is 6.41. The molecule has 0 radical (unpaired) electrons. The van der Waals surface area contributed by atoms with Gasteiger partial charge in [0.25, 0.3) is 0 Å². The summed E-state index contributed by atoms with van der Waals surface area (Å²) >= 11 is 0. The highest BCUT2D eigenvalue weighted by Crippen LogP contribution is 2.40. The topological polar surface area (TPSA) is 64.9 Å². The van der Waals surface area contributed by atoms with Gasteiger partial charge < -0.3 is 10.3 Å². The predicted molar refractivity (Wildman–Crippen MR) is 74.5 cm³/mol. The number of nitrogen functional groups attached to an aromatic ring is 1. The zero-order chi connectivity index (χ0) is 16.6. The van der Waals surface area contributed by atoms with Crippen molar-refractivity contribution in [3.63, 3.8) is 0 Å². The number of alkyl halides is 3. The van der Waals surface area contributed by atoms with Gasteiger partial charge >= 0.3 is 6.18 Å². The fraction of sp³-hybridized carbons (Fsp3) is 0.0667. The molecule has 0 unspecified atom stereocenters. The molecular weight excluding hydrogens is 314 g/mol. The van der Waals surface area contributed by atoms with Crippen LogP contribution in [0.4, 0.5) is 23.4 Å². The van der Waals surface area contributed by atoms with Crippen molar-refractivity contribution in [3.05, 3.63) is 54.1 Å². The quantitative estimate of drug-likeness (QED) is 0.720. The van der Waals surface area contributed by atoms with Crippen LogP contribution in [0.1, 0.15) is 5.56 Å². The summed E-state index contributed by atoms with van der Waals surface area (Å²) in [5.74, 6) is -1.55. The number of hydrogen-bond donors (Lipinski definition) is 1. The lowest BCUT2D eigenvalue weighted by Crippen LogP contribution is -2.09. The monoisotopic (exact) mass is 323 g/mol. The zero-order valence-electron chi connectivity index (χ0n) is 11.4. The highest BCUT2D eigenvalue weighted by Gasteiger charge is 2.35. The van der Waals surface area contributed by atoms with E-state index in [9.17, 15) is 17.6 Å². The Morgan fingerprint density at radius 3 is 2.39 bits per heavy atom. The normalized spacial score (nSPS) is 11.7. The molecule has 0 aliphatic rings. The largest absolute Gasteiger partial charge is 0.419 e. The molecule has 118 valence electrons. The summed E-state index contributed by atoms with van der Waals surface area (Å²) in [5.41, 5.74) is 4.59. The third-order valence-corrected chi connectivity index (χ3v) is 3.25. The van der Waals surface area contributed by atoms with E-state index in [1.165, 1.54) is 18.5 Å². The third-order valence-electron chi connectivity index (χ3n) is 3.25. The first-order valence-corrected chi connectivity index (χ1v) is 6.41. The van der Waals surface area contributed by atoms with Crippen molar-refractivity contribution in [1.29, 1.82) is 0 Å². The van der Waals surface area contributed by atoms with Gasteiger partial charge in [0.1, 0.15) is 11.5 Å². The Morgan fingerprint density at radius 2 is 1.74 bits per heavy atom. The molecule has 0 saturated heterocycles. The van der Waals surface area contributed by atoms with Crippen molar-refractivity contribution in [2.45, 2.75) is 6.18 Å². The van der Waals surface area contributed by atoms with Gasteiger partial charge in [0.15, 0.2) is 0 Å². The second kappa shape index (κ2) is 5.38. The SMILES string of the molecule is Nc1onc(-c2cccc(C(F)(F)F)c2F)c1-c1ccncc1. The Morgan fingerprint density at radius 1 is 1.04 bits per heavy atom. The lowest BCUT2D eigenvalue weighted by Gasteiger charge is -2.10. The van der Waals surface area contributed by atoms with Crippen LogP contribution in [0.25, 0.3) is 22.4 Å². The lowest BCUT2D eigenvalue weighted by atomic mass is 9.99. The zero-order valence-corrected chi connectivity index (χ0v) is 11.4. The minimum absolute atomic E-state index is 0.0997. The number of benzene rings is 1. The first kappa shape index (κ1) is 15.0. The average molecular weight is 323 g/mol. The molecule has 0 amide bonds. The van der Waals surface area contributed by atoms with Crippen molar-refractivity contribution < 1.29 is 22.1 Å². The highest BCUT2D eigenvalue weighted by atomic mass is 19.4. The maximum absolute atomic E-state index is 14.3. The van der Waals surface area contributed by atoms with Gasteiger partial charge in [-0.25, -0.2) is 4.39 Å². The van der Waals surface area contributed by atoms with Crippen LogP contribution in [0.3, 0.4) is 0 Å². The van der Waals surface area contributed by atoms with E-state index < -0.39 is 17.6 Å². The van der Waals surface area contributed by atoms with Crippen molar-refractivity contribution in [2.24, 2.45) is 0 Å². The molecule has 3 rings (SSSR count). The van der Waals surface area contributed by atoms with Crippen LogP contribution in [-0.2, 0) is 6.18 Å². The van der Waals surface area contributed by atoms with E-state index in [0.29, 0.717) is 11.6 Å². The number of nitrogens with two attached hydrogens (primary N) is 1. The van der Waals surface area contributed by atoms with Gasteiger partial charge in [0.2, 0.25) is 5.88 Å². The van der Waals surface area contributed by atoms with E-state index in [1.54, 1.807) is 12.1 Å². The van der Waals surface area contributed by atoms with Crippen LogP contribution in [-0.4, -0.2) is 10.1 Å². The van der Waals surface area contributed by atoms with E-state index in [0.717, 1.165) is 6.07 Å². The number of nitrogens with zero attached hydrogens (tertiary/aromatic N) is 2. The van der Waals surface area contributed by atoms with Gasteiger partial charge in [-0.15, -0.1) is 0 Å². The summed E-state index contributed by atoms with van der Waals surface area (Å²) in [6.07, 6.45) is -1.88. The summed E-state index contributed by atoms with van der Waals surface area (Å²) in [5, 5.41) is 3.62. The van der Waals surface area contributed by atoms with Crippen LogP contribution in [0.5, 0.6) is 0 Å². The highest BCUT2D eigenvalue weighted by molar-refractivity contribution is 5.87. The van der Waals surface area contributed by atoms with Gasteiger partial charge in [0, 0.05) is 18.0 Å². The molecule has 0 bridgehead atoms. The molecule has 2 heterocycles. The third kappa shape index (κ3) is 2.63.